The molecule has 0 radical (unpaired) electrons. The van der Waals surface area contributed by atoms with Crippen LogP contribution in [0.15, 0.2) is 36.4 Å². The highest BCUT2D eigenvalue weighted by atomic mass is 79.9. The summed E-state index contributed by atoms with van der Waals surface area (Å²) in [6, 6.07) is 13.2. The summed E-state index contributed by atoms with van der Waals surface area (Å²) in [7, 11) is 0. The van der Waals surface area contributed by atoms with Crippen molar-refractivity contribution in [3.63, 3.8) is 0 Å². The molecule has 96 valence electrons. The Labute approximate surface area is 119 Å². The van der Waals surface area contributed by atoms with Gasteiger partial charge >= 0.3 is 0 Å². The summed E-state index contributed by atoms with van der Waals surface area (Å²) >= 11 is 3.90. The lowest BCUT2D eigenvalue weighted by Crippen LogP contribution is -2.10. The van der Waals surface area contributed by atoms with Crippen molar-refractivity contribution in [2.24, 2.45) is 11.8 Å². The van der Waals surface area contributed by atoms with Crippen LogP contribution in [0.4, 0.5) is 0 Å². The Morgan fingerprint density at radius 2 is 1.50 bits per heavy atom. The number of rotatable bonds is 3. The van der Waals surface area contributed by atoms with Crippen LogP contribution < -0.4 is 0 Å². The minimum Gasteiger partial charge on any atom is -0.0836 e. The lowest BCUT2D eigenvalue weighted by molar-refractivity contribution is 0.415. The van der Waals surface area contributed by atoms with Crippen LogP contribution in [0.1, 0.15) is 36.7 Å². The SMILES string of the molecule is Cc1ccc(C(Br)C(C)C(C)C)c2ccccc12. The largest absolute Gasteiger partial charge is 0.0836 e. The first kappa shape index (κ1) is 13.6. The number of fused-ring (bicyclic) bond motifs is 1. The van der Waals surface area contributed by atoms with E-state index in [1.165, 1.54) is 21.9 Å². The monoisotopic (exact) mass is 304 g/mol. The summed E-state index contributed by atoms with van der Waals surface area (Å²) in [5.74, 6) is 1.30. The first-order valence-corrected chi connectivity index (χ1v) is 7.56. The molecule has 0 amide bonds. The quantitative estimate of drug-likeness (QED) is 0.621. The predicted molar refractivity (Wildman–Crippen MR) is 84.4 cm³/mol. The second kappa shape index (κ2) is 5.44. The van der Waals surface area contributed by atoms with Crippen LogP contribution in [0.5, 0.6) is 0 Å². The van der Waals surface area contributed by atoms with E-state index in [0.717, 1.165) is 0 Å². The van der Waals surface area contributed by atoms with Gasteiger partial charge < -0.3 is 0 Å². The molecule has 0 bridgehead atoms. The van der Waals surface area contributed by atoms with E-state index < -0.39 is 0 Å². The van der Waals surface area contributed by atoms with E-state index in [4.69, 9.17) is 0 Å². The van der Waals surface area contributed by atoms with Crippen LogP contribution >= 0.6 is 15.9 Å². The third-order valence-corrected chi connectivity index (χ3v) is 5.31. The highest BCUT2D eigenvalue weighted by Crippen LogP contribution is 2.39. The van der Waals surface area contributed by atoms with Crippen molar-refractivity contribution in [2.75, 3.05) is 0 Å². The van der Waals surface area contributed by atoms with Gasteiger partial charge in [0.05, 0.1) is 0 Å². The molecule has 0 aliphatic rings. The van der Waals surface area contributed by atoms with E-state index in [1.54, 1.807) is 0 Å². The Morgan fingerprint density at radius 1 is 0.889 bits per heavy atom. The van der Waals surface area contributed by atoms with Crippen molar-refractivity contribution in [1.29, 1.82) is 0 Å². The zero-order valence-electron chi connectivity index (χ0n) is 11.6. The Balaban J connectivity index is 2.55. The minimum absolute atomic E-state index is 0.419. The third kappa shape index (κ3) is 2.47. The smallest absolute Gasteiger partial charge is 0.0429 e. The second-order valence-corrected chi connectivity index (χ2v) is 6.51. The van der Waals surface area contributed by atoms with Gasteiger partial charge in [0.15, 0.2) is 0 Å². The molecule has 0 saturated heterocycles. The molecule has 18 heavy (non-hydrogen) atoms. The van der Waals surface area contributed by atoms with Crippen molar-refractivity contribution >= 4 is 26.7 Å². The molecule has 0 fully saturated rings. The van der Waals surface area contributed by atoms with Gasteiger partial charge in [-0.1, -0.05) is 73.1 Å². The zero-order valence-corrected chi connectivity index (χ0v) is 13.2. The summed E-state index contributed by atoms with van der Waals surface area (Å²) in [6.07, 6.45) is 0. The van der Waals surface area contributed by atoms with Gasteiger partial charge in [0.1, 0.15) is 0 Å². The molecule has 0 heterocycles. The van der Waals surface area contributed by atoms with Crippen LogP contribution in [0.25, 0.3) is 10.8 Å². The number of alkyl halides is 1. The second-order valence-electron chi connectivity index (χ2n) is 5.52. The Bertz CT molecular complexity index is 542. The van der Waals surface area contributed by atoms with Gasteiger partial charge in [0, 0.05) is 4.83 Å². The number of hydrogen-bond acceptors (Lipinski definition) is 0. The van der Waals surface area contributed by atoms with Crippen LogP contribution in [-0.4, -0.2) is 0 Å². The molecule has 0 nitrogen and oxygen atoms in total. The summed E-state index contributed by atoms with van der Waals surface area (Å²) in [5, 5.41) is 2.75. The maximum Gasteiger partial charge on any atom is 0.0429 e. The Kier molecular flexibility index (Phi) is 4.11. The number of hydrogen-bond donors (Lipinski definition) is 0. The van der Waals surface area contributed by atoms with Crippen molar-refractivity contribution in [3.05, 3.63) is 47.5 Å². The third-order valence-electron chi connectivity index (χ3n) is 3.99. The van der Waals surface area contributed by atoms with E-state index in [0.29, 0.717) is 16.7 Å². The van der Waals surface area contributed by atoms with E-state index in [1.807, 2.05) is 0 Å². The molecule has 0 N–H and O–H groups in total. The number of aryl methyl sites for hydroxylation is 1. The average Bonchev–Trinajstić information content (AvgIpc) is 2.38. The fraction of sp³-hybridized carbons (Fsp3) is 0.412. The summed E-state index contributed by atoms with van der Waals surface area (Å²) < 4.78 is 0. The topological polar surface area (TPSA) is 0 Å². The van der Waals surface area contributed by atoms with E-state index in [-0.39, 0.29) is 0 Å². The first-order valence-electron chi connectivity index (χ1n) is 6.64. The number of benzene rings is 2. The van der Waals surface area contributed by atoms with Gasteiger partial charge in [-0.15, -0.1) is 0 Å². The molecular weight excluding hydrogens is 284 g/mol. The van der Waals surface area contributed by atoms with E-state index in [2.05, 4.69) is 80.0 Å². The molecule has 2 aromatic rings. The summed E-state index contributed by atoms with van der Waals surface area (Å²) in [4.78, 5) is 0.419. The van der Waals surface area contributed by atoms with Gasteiger partial charge in [0.2, 0.25) is 0 Å². The lowest BCUT2D eigenvalue weighted by atomic mass is 9.88. The molecule has 0 aliphatic heterocycles. The van der Waals surface area contributed by atoms with Gasteiger partial charge in [0.25, 0.3) is 0 Å². The minimum atomic E-state index is 0.419. The van der Waals surface area contributed by atoms with Crippen LogP contribution in [0.3, 0.4) is 0 Å². The molecule has 2 rings (SSSR count). The number of halogens is 1. The molecule has 2 aromatic carbocycles. The van der Waals surface area contributed by atoms with Crippen LogP contribution in [-0.2, 0) is 0 Å². The molecule has 0 aliphatic carbocycles. The van der Waals surface area contributed by atoms with Crippen LogP contribution in [0.2, 0.25) is 0 Å². The van der Waals surface area contributed by atoms with Crippen molar-refractivity contribution in [3.8, 4) is 0 Å². The highest BCUT2D eigenvalue weighted by Gasteiger charge is 2.21. The molecule has 2 unspecified atom stereocenters. The molecule has 2 atom stereocenters. The Morgan fingerprint density at radius 3 is 2.11 bits per heavy atom. The first-order chi connectivity index (χ1) is 8.52. The van der Waals surface area contributed by atoms with Gasteiger partial charge in [-0.3, -0.25) is 0 Å². The zero-order chi connectivity index (χ0) is 13.3. The van der Waals surface area contributed by atoms with Crippen LogP contribution in [0, 0.1) is 18.8 Å². The van der Waals surface area contributed by atoms with Crippen molar-refractivity contribution in [1.82, 2.24) is 0 Å². The fourth-order valence-corrected chi connectivity index (χ4v) is 3.34. The molecule has 0 saturated carbocycles. The van der Waals surface area contributed by atoms with E-state index in [9.17, 15) is 0 Å². The van der Waals surface area contributed by atoms with Gasteiger partial charge in [-0.2, -0.15) is 0 Å². The highest BCUT2D eigenvalue weighted by molar-refractivity contribution is 9.09. The standard InChI is InChI=1S/C17H21Br/c1-11(2)13(4)17(18)16-10-9-12(3)14-7-5-6-8-15(14)16/h5-11,13,17H,1-4H3. The normalized spacial score (nSPS) is 15.0. The van der Waals surface area contributed by atoms with Gasteiger partial charge in [-0.25, -0.2) is 0 Å². The maximum atomic E-state index is 3.90. The average molecular weight is 305 g/mol. The molecule has 0 aromatic heterocycles. The summed E-state index contributed by atoms with van der Waals surface area (Å²) in [6.45, 7) is 9.07. The predicted octanol–water partition coefficient (Wildman–Crippen LogP) is 5.88. The van der Waals surface area contributed by atoms with Gasteiger partial charge in [-0.05, 0) is 40.7 Å². The Hall–Kier alpha value is -0.820. The molecule has 0 spiro atoms. The fourth-order valence-electron chi connectivity index (χ4n) is 2.33. The van der Waals surface area contributed by atoms with Crippen molar-refractivity contribution in [2.45, 2.75) is 32.5 Å². The molecular formula is C17H21Br. The summed E-state index contributed by atoms with van der Waals surface area (Å²) in [5.41, 5.74) is 2.77. The lowest BCUT2D eigenvalue weighted by Gasteiger charge is -2.24. The maximum absolute atomic E-state index is 3.90. The van der Waals surface area contributed by atoms with E-state index >= 15 is 0 Å². The molecule has 1 heteroatoms. The van der Waals surface area contributed by atoms with Crippen molar-refractivity contribution < 1.29 is 0 Å².